The lowest BCUT2D eigenvalue weighted by atomic mass is 10.1. The summed E-state index contributed by atoms with van der Waals surface area (Å²) in [5.74, 6) is -0.466. The molecule has 0 heterocycles. The van der Waals surface area contributed by atoms with Gasteiger partial charge in [0.15, 0.2) is 0 Å². The zero-order valence-corrected chi connectivity index (χ0v) is 14.1. The van der Waals surface area contributed by atoms with E-state index < -0.39 is 6.04 Å². The van der Waals surface area contributed by atoms with Crippen molar-refractivity contribution in [2.45, 2.75) is 46.2 Å². The number of hydrogen-bond acceptors (Lipinski definition) is 2. The molecule has 2 amide bonds. The summed E-state index contributed by atoms with van der Waals surface area (Å²) >= 11 is 3.40. The van der Waals surface area contributed by atoms with E-state index in [0.29, 0.717) is 5.56 Å². The zero-order chi connectivity index (χ0) is 15.5. The lowest BCUT2D eigenvalue weighted by molar-refractivity contribution is -0.124. The summed E-state index contributed by atoms with van der Waals surface area (Å²) < 4.78 is 0.751. The van der Waals surface area contributed by atoms with E-state index in [4.69, 9.17) is 0 Å². The van der Waals surface area contributed by atoms with Gasteiger partial charge in [-0.1, -0.05) is 12.1 Å². The molecule has 0 saturated carbocycles. The Labute approximate surface area is 128 Å². The number of benzene rings is 1. The van der Waals surface area contributed by atoms with Crippen LogP contribution in [0.4, 0.5) is 0 Å². The number of rotatable bonds is 3. The van der Waals surface area contributed by atoms with Crippen LogP contribution in [0.15, 0.2) is 22.7 Å². The van der Waals surface area contributed by atoms with Crippen molar-refractivity contribution in [2.75, 3.05) is 0 Å². The molecule has 0 radical (unpaired) electrons. The van der Waals surface area contributed by atoms with E-state index in [9.17, 15) is 9.59 Å². The fourth-order valence-electron chi connectivity index (χ4n) is 1.64. The fourth-order valence-corrected chi connectivity index (χ4v) is 2.08. The van der Waals surface area contributed by atoms with Gasteiger partial charge in [0.25, 0.3) is 5.91 Å². The molecular weight excluding hydrogens is 320 g/mol. The Morgan fingerprint density at radius 3 is 2.40 bits per heavy atom. The molecule has 0 aliphatic heterocycles. The Balaban J connectivity index is 2.76. The highest BCUT2D eigenvalue weighted by Gasteiger charge is 2.22. The van der Waals surface area contributed by atoms with Crippen molar-refractivity contribution in [3.05, 3.63) is 33.8 Å². The van der Waals surface area contributed by atoms with Crippen LogP contribution in [0.2, 0.25) is 0 Å². The third kappa shape index (κ3) is 4.63. The molecule has 2 N–H and O–H groups in total. The standard InChI is InChI=1S/C15H21BrN2O2/c1-9-7-6-8-11(12(9)16)14(20)17-10(2)13(19)18-15(3,4)5/h6-8,10H,1-5H3,(H,17,20)(H,18,19). The summed E-state index contributed by atoms with van der Waals surface area (Å²) in [6, 6.07) is 4.86. The number of halogens is 1. The molecule has 1 aromatic carbocycles. The third-order valence-electron chi connectivity index (χ3n) is 2.68. The predicted molar refractivity (Wildman–Crippen MR) is 83.7 cm³/mol. The fraction of sp³-hybridized carbons (Fsp3) is 0.467. The second-order valence-electron chi connectivity index (χ2n) is 5.87. The average Bonchev–Trinajstić information content (AvgIpc) is 2.30. The molecule has 4 nitrogen and oxygen atoms in total. The van der Waals surface area contributed by atoms with E-state index >= 15 is 0 Å². The molecule has 0 bridgehead atoms. The Morgan fingerprint density at radius 2 is 1.85 bits per heavy atom. The van der Waals surface area contributed by atoms with E-state index in [1.807, 2.05) is 39.8 Å². The SMILES string of the molecule is Cc1cccc(C(=O)NC(C)C(=O)NC(C)(C)C)c1Br. The molecule has 1 unspecified atom stereocenters. The van der Waals surface area contributed by atoms with Crippen molar-refractivity contribution in [1.82, 2.24) is 10.6 Å². The second-order valence-corrected chi connectivity index (χ2v) is 6.66. The van der Waals surface area contributed by atoms with Crippen LogP contribution >= 0.6 is 15.9 Å². The smallest absolute Gasteiger partial charge is 0.253 e. The van der Waals surface area contributed by atoms with Crippen molar-refractivity contribution >= 4 is 27.7 Å². The molecule has 5 heteroatoms. The molecule has 0 fully saturated rings. The van der Waals surface area contributed by atoms with Gasteiger partial charge in [-0.15, -0.1) is 0 Å². The van der Waals surface area contributed by atoms with Crippen molar-refractivity contribution in [2.24, 2.45) is 0 Å². The lowest BCUT2D eigenvalue weighted by Crippen LogP contribution is -2.50. The number of carbonyl (C=O) groups is 2. The molecule has 1 aromatic rings. The maximum Gasteiger partial charge on any atom is 0.253 e. The highest BCUT2D eigenvalue weighted by Crippen LogP contribution is 2.20. The first-order chi connectivity index (χ1) is 9.11. The number of amides is 2. The van der Waals surface area contributed by atoms with Gasteiger partial charge in [0.1, 0.15) is 6.04 Å². The monoisotopic (exact) mass is 340 g/mol. The third-order valence-corrected chi connectivity index (χ3v) is 3.73. The number of carbonyl (C=O) groups excluding carboxylic acids is 2. The summed E-state index contributed by atoms with van der Waals surface area (Å²) in [4.78, 5) is 24.1. The minimum Gasteiger partial charge on any atom is -0.350 e. The molecule has 0 saturated heterocycles. The van der Waals surface area contributed by atoms with Gasteiger partial charge in [0.2, 0.25) is 5.91 Å². The summed E-state index contributed by atoms with van der Waals surface area (Å²) in [6.07, 6.45) is 0. The Hall–Kier alpha value is -1.36. The van der Waals surface area contributed by atoms with Gasteiger partial charge in [-0.2, -0.15) is 0 Å². The van der Waals surface area contributed by atoms with Gasteiger partial charge in [-0.25, -0.2) is 0 Å². The molecule has 20 heavy (non-hydrogen) atoms. The predicted octanol–water partition coefficient (Wildman–Crippen LogP) is 2.79. The summed E-state index contributed by atoms with van der Waals surface area (Å²) in [7, 11) is 0. The van der Waals surface area contributed by atoms with E-state index in [1.165, 1.54) is 0 Å². The maximum absolute atomic E-state index is 12.2. The van der Waals surface area contributed by atoms with Gasteiger partial charge in [-0.05, 0) is 62.2 Å². The molecule has 110 valence electrons. The maximum atomic E-state index is 12.2. The molecule has 0 aliphatic carbocycles. The minimum atomic E-state index is -0.589. The number of hydrogen-bond donors (Lipinski definition) is 2. The van der Waals surface area contributed by atoms with Gasteiger partial charge < -0.3 is 10.6 Å². The van der Waals surface area contributed by atoms with Crippen molar-refractivity contribution in [1.29, 1.82) is 0 Å². The molecule has 1 rings (SSSR count). The van der Waals surface area contributed by atoms with E-state index in [2.05, 4.69) is 26.6 Å². The van der Waals surface area contributed by atoms with Crippen LogP contribution in [0.25, 0.3) is 0 Å². The molecule has 0 aromatic heterocycles. The van der Waals surface area contributed by atoms with Crippen LogP contribution in [0, 0.1) is 6.92 Å². The molecule has 1 atom stereocenters. The van der Waals surface area contributed by atoms with Gasteiger partial charge in [0.05, 0.1) is 5.56 Å². The van der Waals surface area contributed by atoms with Crippen molar-refractivity contribution < 1.29 is 9.59 Å². The first-order valence-electron chi connectivity index (χ1n) is 6.50. The minimum absolute atomic E-state index is 0.199. The quantitative estimate of drug-likeness (QED) is 0.888. The summed E-state index contributed by atoms with van der Waals surface area (Å²) in [5, 5.41) is 5.54. The van der Waals surface area contributed by atoms with Crippen LogP contribution in [-0.4, -0.2) is 23.4 Å². The van der Waals surface area contributed by atoms with E-state index in [1.54, 1.807) is 13.0 Å². The van der Waals surface area contributed by atoms with Crippen LogP contribution in [0.3, 0.4) is 0 Å². The van der Waals surface area contributed by atoms with Crippen LogP contribution in [0.5, 0.6) is 0 Å². The van der Waals surface area contributed by atoms with Crippen molar-refractivity contribution in [3.8, 4) is 0 Å². The highest BCUT2D eigenvalue weighted by molar-refractivity contribution is 9.10. The highest BCUT2D eigenvalue weighted by atomic mass is 79.9. The van der Waals surface area contributed by atoms with Gasteiger partial charge >= 0.3 is 0 Å². The van der Waals surface area contributed by atoms with E-state index in [0.717, 1.165) is 10.0 Å². The molecule has 0 spiro atoms. The number of nitrogens with one attached hydrogen (secondary N) is 2. The normalized spacial score (nSPS) is 12.7. The first-order valence-corrected chi connectivity index (χ1v) is 7.29. The Bertz CT molecular complexity index is 521. The Morgan fingerprint density at radius 1 is 1.25 bits per heavy atom. The summed E-state index contributed by atoms with van der Waals surface area (Å²) in [6.45, 7) is 9.28. The second kappa shape index (κ2) is 6.39. The van der Waals surface area contributed by atoms with Gasteiger partial charge in [0, 0.05) is 10.0 Å². The average molecular weight is 341 g/mol. The Kier molecular flexibility index (Phi) is 5.34. The first kappa shape index (κ1) is 16.7. The zero-order valence-electron chi connectivity index (χ0n) is 12.5. The van der Waals surface area contributed by atoms with Crippen molar-refractivity contribution in [3.63, 3.8) is 0 Å². The van der Waals surface area contributed by atoms with Crippen LogP contribution in [0.1, 0.15) is 43.6 Å². The number of aryl methyl sites for hydroxylation is 1. The topological polar surface area (TPSA) is 58.2 Å². The lowest BCUT2D eigenvalue weighted by Gasteiger charge is -2.23. The molecule has 0 aliphatic rings. The molecular formula is C15H21BrN2O2. The van der Waals surface area contributed by atoms with Crippen LogP contribution < -0.4 is 10.6 Å². The van der Waals surface area contributed by atoms with Gasteiger partial charge in [-0.3, -0.25) is 9.59 Å². The van der Waals surface area contributed by atoms with Crippen LogP contribution in [-0.2, 0) is 4.79 Å². The summed E-state index contributed by atoms with van der Waals surface area (Å²) in [5.41, 5.74) is 1.19. The largest absolute Gasteiger partial charge is 0.350 e. The van der Waals surface area contributed by atoms with E-state index in [-0.39, 0.29) is 17.4 Å².